The zero-order valence-corrected chi connectivity index (χ0v) is 7.78. The highest BCUT2D eigenvalue weighted by atomic mass is 19.4. The van der Waals surface area contributed by atoms with E-state index >= 15 is 0 Å². The lowest BCUT2D eigenvalue weighted by molar-refractivity contribution is -0.390. The van der Waals surface area contributed by atoms with Gasteiger partial charge in [-0.3, -0.25) is 19.7 Å². The lowest BCUT2D eigenvalue weighted by atomic mass is 10.2. The topological polar surface area (TPSA) is 102 Å². The zero-order chi connectivity index (χ0) is 13.2. The van der Waals surface area contributed by atoms with Crippen molar-refractivity contribution < 1.29 is 27.6 Å². The number of nitrogens with zero attached hydrogens (tertiary/aromatic N) is 1. The Balaban J connectivity index is 3.42. The second kappa shape index (κ2) is 4.23. The fourth-order valence-electron chi connectivity index (χ4n) is 0.964. The van der Waals surface area contributed by atoms with Crippen LogP contribution in [0.15, 0.2) is 11.0 Å². The third-order valence-electron chi connectivity index (χ3n) is 1.58. The molecule has 10 heteroatoms. The van der Waals surface area contributed by atoms with Gasteiger partial charge >= 0.3 is 12.0 Å². The second-order valence-corrected chi connectivity index (χ2v) is 2.67. The molecule has 0 saturated heterocycles. The summed E-state index contributed by atoms with van der Waals surface area (Å²) in [6.45, 7) is 0. The van der Waals surface area contributed by atoms with Crippen molar-refractivity contribution in [1.29, 1.82) is 0 Å². The SMILES string of the molecule is O=Cc1c[nH]c(OC(F)(F)F)c([N+](=O)[O-])c1=O. The Hall–Kier alpha value is -2.39. The summed E-state index contributed by atoms with van der Waals surface area (Å²) in [6.07, 6.45) is -4.64. The van der Waals surface area contributed by atoms with E-state index in [9.17, 15) is 32.9 Å². The normalized spacial score (nSPS) is 11.0. The average molecular weight is 252 g/mol. The fourth-order valence-corrected chi connectivity index (χ4v) is 0.964. The molecule has 1 heterocycles. The van der Waals surface area contributed by atoms with E-state index in [0.29, 0.717) is 6.20 Å². The van der Waals surface area contributed by atoms with Crippen LogP contribution in [0.3, 0.4) is 0 Å². The largest absolute Gasteiger partial charge is 0.574 e. The Morgan fingerprint density at radius 2 is 2.06 bits per heavy atom. The van der Waals surface area contributed by atoms with E-state index in [-0.39, 0.29) is 6.29 Å². The summed E-state index contributed by atoms with van der Waals surface area (Å²) in [7, 11) is 0. The van der Waals surface area contributed by atoms with Crippen molar-refractivity contribution in [3.8, 4) is 5.88 Å². The minimum atomic E-state index is -5.20. The number of hydrogen-bond acceptors (Lipinski definition) is 5. The van der Waals surface area contributed by atoms with Crippen molar-refractivity contribution in [2.75, 3.05) is 0 Å². The predicted molar refractivity (Wildman–Crippen MR) is 45.8 cm³/mol. The molecule has 0 atom stereocenters. The van der Waals surface area contributed by atoms with Crippen molar-refractivity contribution in [1.82, 2.24) is 4.98 Å². The van der Waals surface area contributed by atoms with Crippen LogP contribution >= 0.6 is 0 Å². The lowest BCUT2D eigenvalue weighted by Crippen LogP contribution is -2.22. The molecule has 0 aliphatic rings. The van der Waals surface area contributed by atoms with Crippen LogP contribution in [0.5, 0.6) is 5.88 Å². The molecule has 0 aliphatic carbocycles. The number of aromatic amines is 1. The van der Waals surface area contributed by atoms with Gasteiger partial charge in [0.2, 0.25) is 0 Å². The van der Waals surface area contributed by atoms with Crippen LogP contribution in [0.4, 0.5) is 18.9 Å². The molecule has 1 aromatic heterocycles. The standard InChI is InChI=1S/C7H3F3N2O5/c8-7(9,10)17-6-4(12(15)16)5(14)3(2-13)1-11-6/h1-2H,(H,11,14). The van der Waals surface area contributed by atoms with E-state index in [2.05, 4.69) is 4.74 Å². The summed E-state index contributed by atoms with van der Waals surface area (Å²) in [6, 6.07) is 0. The van der Waals surface area contributed by atoms with Crippen molar-refractivity contribution >= 4 is 12.0 Å². The number of carbonyl (C=O) groups excluding carboxylic acids is 1. The molecule has 0 aromatic carbocycles. The Labute approximate surface area is 90.0 Å². The van der Waals surface area contributed by atoms with Gasteiger partial charge in [0.1, 0.15) is 0 Å². The molecule has 0 radical (unpaired) electrons. The van der Waals surface area contributed by atoms with Gasteiger partial charge < -0.3 is 9.72 Å². The van der Waals surface area contributed by atoms with Gasteiger partial charge in [0, 0.05) is 6.20 Å². The fraction of sp³-hybridized carbons (Fsp3) is 0.143. The van der Waals surface area contributed by atoms with Crippen LogP contribution in [0.25, 0.3) is 0 Å². The number of pyridine rings is 1. The molecule has 1 rings (SSSR count). The molecule has 0 fully saturated rings. The summed E-state index contributed by atoms with van der Waals surface area (Å²) >= 11 is 0. The zero-order valence-electron chi connectivity index (χ0n) is 7.78. The molecule has 0 bridgehead atoms. The molecule has 0 aliphatic heterocycles. The number of aromatic nitrogens is 1. The lowest BCUT2D eigenvalue weighted by Gasteiger charge is -2.08. The summed E-state index contributed by atoms with van der Waals surface area (Å²) in [5.41, 5.74) is -3.61. The predicted octanol–water partition coefficient (Wildman–Crippen LogP) is 0.994. The number of nitrogens with one attached hydrogen (secondary N) is 1. The number of H-pyrrole nitrogens is 1. The quantitative estimate of drug-likeness (QED) is 0.491. The van der Waals surface area contributed by atoms with Crippen molar-refractivity contribution in [3.63, 3.8) is 0 Å². The van der Waals surface area contributed by atoms with E-state index in [1.807, 2.05) is 0 Å². The van der Waals surface area contributed by atoms with Crippen molar-refractivity contribution in [3.05, 3.63) is 32.1 Å². The Morgan fingerprint density at radius 3 is 2.47 bits per heavy atom. The average Bonchev–Trinajstić information content (AvgIpc) is 2.14. The number of nitro groups is 1. The highest BCUT2D eigenvalue weighted by Crippen LogP contribution is 2.26. The van der Waals surface area contributed by atoms with Gasteiger partial charge in [-0.25, -0.2) is 0 Å². The molecule has 1 aromatic rings. The maximum absolute atomic E-state index is 11.9. The van der Waals surface area contributed by atoms with Crippen LogP contribution < -0.4 is 10.2 Å². The Bertz CT molecular complexity index is 521. The van der Waals surface area contributed by atoms with E-state index in [1.165, 1.54) is 0 Å². The van der Waals surface area contributed by atoms with E-state index in [4.69, 9.17) is 0 Å². The third-order valence-corrected chi connectivity index (χ3v) is 1.58. The number of ether oxygens (including phenoxy) is 1. The minimum Gasteiger partial charge on any atom is -0.382 e. The van der Waals surface area contributed by atoms with Crippen LogP contribution in [0, 0.1) is 10.1 Å². The summed E-state index contributed by atoms with van der Waals surface area (Å²) in [5, 5.41) is 10.4. The van der Waals surface area contributed by atoms with Crippen LogP contribution in [-0.2, 0) is 0 Å². The number of rotatable bonds is 3. The molecule has 7 nitrogen and oxygen atoms in total. The molecule has 0 spiro atoms. The van der Waals surface area contributed by atoms with Gasteiger partial charge in [-0.05, 0) is 0 Å². The highest BCUT2D eigenvalue weighted by molar-refractivity contribution is 5.75. The van der Waals surface area contributed by atoms with Gasteiger partial charge in [0.15, 0.2) is 6.29 Å². The first-order valence-corrected chi connectivity index (χ1v) is 3.87. The van der Waals surface area contributed by atoms with Crippen LogP contribution in [0.1, 0.15) is 10.4 Å². The Kier molecular flexibility index (Phi) is 3.16. The number of carbonyl (C=O) groups is 1. The smallest absolute Gasteiger partial charge is 0.382 e. The monoisotopic (exact) mass is 252 g/mol. The molecular formula is C7H3F3N2O5. The van der Waals surface area contributed by atoms with E-state index in [1.54, 1.807) is 4.98 Å². The first-order chi connectivity index (χ1) is 7.76. The number of aldehydes is 1. The highest BCUT2D eigenvalue weighted by Gasteiger charge is 2.36. The molecule has 0 unspecified atom stereocenters. The maximum atomic E-state index is 11.9. The minimum absolute atomic E-state index is 0.0246. The first-order valence-electron chi connectivity index (χ1n) is 3.87. The van der Waals surface area contributed by atoms with E-state index < -0.39 is 33.8 Å². The van der Waals surface area contributed by atoms with E-state index in [0.717, 1.165) is 0 Å². The molecule has 0 amide bonds. The van der Waals surface area contributed by atoms with Crippen molar-refractivity contribution in [2.24, 2.45) is 0 Å². The van der Waals surface area contributed by atoms with Crippen LogP contribution in [0.2, 0.25) is 0 Å². The van der Waals surface area contributed by atoms with Gasteiger partial charge in [0.05, 0.1) is 10.5 Å². The van der Waals surface area contributed by atoms with Crippen LogP contribution in [-0.4, -0.2) is 22.6 Å². The molecular weight excluding hydrogens is 249 g/mol. The Morgan fingerprint density at radius 1 is 1.47 bits per heavy atom. The van der Waals surface area contributed by atoms with Gasteiger partial charge in [-0.15, -0.1) is 13.2 Å². The van der Waals surface area contributed by atoms with Gasteiger partial charge in [-0.1, -0.05) is 0 Å². The number of halogens is 3. The van der Waals surface area contributed by atoms with Gasteiger partial charge in [0.25, 0.3) is 11.3 Å². The summed E-state index contributed by atoms with van der Waals surface area (Å²) in [5.74, 6) is -1.38. The van der Waals surface area contributed by atoms with Gasteiger partial charge in [-0.2, -0.15) is 0 Å². The maximum Gasteiger partial charge on any atom is 0.574 e. The third kappa shape index (κ3) is 2.80. The second-order valence-electron chi connectivity index (χ2n) is 2.67. The first kappa shape index (κ1) is 12.7. The molecule has 1 N–H and O–H groups in total. The number of hydrogen-bond donors (Lipinski definition) is 1. The molecule has 0 saturated carbocycles. The van der Waals surface area contributed by atoms with Crippen molar-refractivity contribution in [2.45, 2.75) is 6.36 Å². The molecule has 17 heavy (non-hydrogen) atoms. The molecule has 92 valence electrons. The summed E-state index contributed by atoms with van der Waals surface area (Å²) < 4.78 is 38.8. The number of alkyl halides is 3. The summed E-state index contributed by atoms with van der Waals surface area (Å²) in [4.78, 5) is 32.3.